The van der Waals surface area contributed by atoms with Crippen LogP contribution < -0.4 is 21.3 Å². The average Bonchev–Trinajstić information content (AvgIpc) is 3.41. The lowest BCUT2D eigenvalue weighted by molar-refractivity contribution is -0.117. The lowest BCUT2D eigenvalue weighted by Gasteiger charge is -2.24. The first-order chi connectivity index (χ1) is 16.2. The maximum atomic E-state index is 12.3. The lowest BCUT2D eigenvalue weighted by Crippen LogP contribution is -2.35. The molecule has 0 aliphatic carbocycles. The van der Waals surface area contributed by atoms with Crippen molar-refractivity contribution in [3.05, 3.63) is 66.4 Å². The standard InChI is InChI=1S/C25H28N6O2/c32-24(22-2-1-12-27-22)29-19-7-3-17(4-8-19)21-11-13-28-25(31-21)30-20-9-5-18(6-10-20)23-16-26-14-15-33-23/h3-11,13,22-23,26-27H,1-2,12,14-16H2,(H,29,32)(H,28,30,31)/t22?,23-/m1/s1. The summed E-state index contributed by atoms with van der Waals surface area (Å²) in [6.45, 7) is 3.37. The van der Waals surface area contributed by atoms with E-state index in [4.69, 9.17) is 4.74 Å². The highest BCUT2D eigenvalue weighted by Crippen LogP contribution is 2.24. The molecule has 5 rings (SSSR count). The molecule has 8 heteroatoms. The van der Waals surface area contributed by atoms with Crippen molar-refractivity contribution in [2.75, 3.05) is 36.9 Å². The minimum Gasteiger partial charge on any atom is -0.371 e. The van der Waals surface area contributed by atoms with Crippen molar-refractivity contribution in [1.29, 1.82) is 0 Å². The molecule has 1 aromatic heterocycles. The van der Waals surface area contributed by atoms with Gasteiger partial charge >= 0.3 is 0 Å². The summed E-state index contributed by atoms with van der Waals surface area (Å²) in [5, 5.41) is 12.8. The van der Waals surface area contributed by atoms with E-state index in [1.807, 2.05) is 42.5 Å². The first-order valence-corrected chi connectivity index (χ1v) is 11.4. The highest BCUT2D eigenvalue weighted by atomic mass is 16.5. The molecule has 0 bridgehead atoms. The van der Waals surface area contributed by atoms with Crippen LogP contribution in [0, 0.1) is 0 Å². The fourth-order valence-corrected chi connectivity index (χ4v) is 4.13. The Hall–Kier alpha value is -3.33. The quantitative estimate of drug-likeness (QED) is 0.463. The van der Waals surface area contributed by atoms with Crippen LogP contribution >= 0.6 is 0 Å². The van der Waals surface area contributed by atoms with Crippen molar-refractivity contribution >= 4 is 23.2 Å². The van der Waals surface area contributed by atoms with Crippen molar-refractivity contribution in [1.82, 2.24) is 20.6 Å². The van der Waals surface area contributed by atoms with E-state index < -0.39 is 0 Å². The zero-order chi connectivity index (χ0) is 22.5. The average molecular weight is 445 g/mol. The summed E-state index contributed by atoms with van der Waals surface area (Å²) in [5.41, 5.74) is 4.61. The Kier molecular flexibility index (Phi) is 6.57. The molecule has 2 saturated heterocycles. The Bertz CT molecular complexity index is 1070. The van der Waals surface area contributed by atoms with Crippen LogP contribution in [0.3, 0.4) is 0 Å². The van der Waals surface area contributed by atoms with Crippen LogP contribution in [-0.4, -0.2) is 48.2 Å². The van der Waals surface area contributed by atoms with Crippen LogP contribution in [0.2, 0.25) is 0 Å². The van der Waals surface area contributed by atoms with Gasteiger partial charge in [-0.05, 0) is 55.3 Å². The van der Waals surface area contributed by atoms with Gasteiger partial charge in [0, 0.05) is 36.2 Å². The summed E-state index contributed by atoms with van der Waals surface area (Å²) >= 11 is 0. The topological polar surface area (TPSA) is 100 Å². The molecule has 2 fully saturated rings. The van der Waals surface area contributed by atoms with Crippen LogP contribution in [-0.2, 0) is 9.53 Å². The van der Waals surface area contributed by atoms with Crippen LogP contribution in [0.4, 0.5) is 17.3 Å². The number of hydrogen-bond donors (Lipinski definition) is 4. The third kappa shape index (κ3) is 5.36. The minimum atomic E-state index is -0.0962. The van der Waals surface area contributed by atoms with E-state index >= 15 is 0 Å². The number of nitrogens with one attached hydrogen (secondary N) is 4. The van der Waals surface area contributed by atoms with Crippen molar-refractivity contribution in [2.45, 2.75) is 25.0 Å². The van der Waals surface area contributed by atoms with E-state index in [0.29, 0.717) is 5.95 Å². The van der Waals surface area contributed by atoms with Gasteiger partial charge in [-0.1, -0.05) is 24.3 Å². The lowest BCUT2D eigenvalue weighted by atomic mass is 10.1. The zero-order valence-corrected chi connectivity index (χ0v) is 18.4. The molecule has 8 nitrogen and oxygen atoms in total. The number of rotatable bonds is 6. The summed E-state index contributed by atoms with van der Waals surface area (Å²) in [6, 6.07) is 17.7. The number of hydrogen-bond acceptors (Lipinski definition) is 7. The van der Waals surface area contributed by atoms with E-state index in [-0.39, 0.29) is 18.1 Å². The number of benzene rings is 2. The van der Waals surface area contributed by atoms with Gasteiger partial charge in [0.25, 0.3) is 0 Å². The molecule has 4 N–H and O–H groups in total. The second-order valence-electron chi connectivity index (χ2n) is 8.29. The first-order valence-electron chi connectivity index (χ1n) is 11.4. The molecule has 2 aromatic carbocycles. The molecule has 0 radical (unpaired) electrons. The summed E-state index contributed by atoms with van der Waals surface area (Å²) in [6.07, 6.45) is 3.75. The summed E-state index contributed by atoms with van der Waals surface area (Å²) in [5.74, 6) is 0.548. The summed E-state index contributed by atoms with van der Waals surface area (Å²) in [7, 11) is 0. The van der Waals surface area contributed by atoms with Crippen molar-refractivity contribution in [2.24, 2.45) is 0 Å². The number of carbonyl (C=O) groups is 1. The maximum absolute atomic E-state index is 12.3. The monoisotopic (exact) mass is 444 g/mol. The van der Waals surface area contributed by atoms with E-state index in [1.165, 1.54) is 0 Å². The molecule has 170 valence electrons. The molecule has 0 spiro atoms. The molecule has 1 amide bonds. The predicted octanol–water partition coefficient (Wildman–Crippen LogP) is 3.24. The summed E-state index contributed by atoms with van der Waals surface area (Å²) < 4.78 is 5.81. The van der Waals surface area contributed by atoms with Crippen LogP contribution in [0.25, 0.3) is 11.3 Å². The highest BCUT2D eigenvalue weighted by Gasteiger charge is 2.21. The number of nitrogens with zero attached hydrogens (tertiary/aromatic N) is 2. The van der Waals surface area contributed by atoms with Gasteiger partial charge in [0.05, 0.1) is 24.4 Å². The molecule has 3 heterocycles. The van der Waals surface area contributed by atoms with Gasteiger partial charge in [-0.25, -0.2) is 9.97 Å². The van der Waals surface area contributed by atoms with E-state index in [9.17, 15) is 4.79 Å². The van der Waals surface area contributed by atoms with Crippen LogP contribution in [0.1, 0.15) is 24.5 Å². The molecule has 2 aliphatic heterocycles. The third-order valence-electron chi connectivity index (χ3n) is 5.95. The number of aromatic nitrogens is 2. The number of ether oxygens (including phenoxy) is 1. The van der Waals surface area contributed by atoms with Gasteiger partial charge < -0.3 is 26.0 Å². The Morgan fingerprint density at radius 3 is 2.55 bits per heavy atom. The Labute approximate surface area is 193 Å². The zero-order valence-electron chi connectivity index (χ0n) is 18.4. The Balaban J connectivity index is 1.23. The van der Waals surface area contributed by atoms with Gasteiger partial charge in [-0.15, -0.1) is 0 Å². The van der Waals surface area contributed by atoms with Gasteiger partial charge in [-0.3, -0.25) is 4.79 Å². The smallest absolute Gasteiger partial charge is 0.241 e. The highest BCUT2D eigenvalue weighted by molar-refractivity contribution is 5.95. The molecule has 33 heavy (non-hydrogen) atoms. The Morgan fingerprint density at radius 2 is 1.82 bits per heavy atom. The van der Waals surface area contributed by atoms with Crippen molar-refractivity contribution in [3.8, 4) is 11.3 Å². The summed E-state index contributed by atoms with van der Waals surface area (Å²) in [4.78, 5) is 21.3. The fraction of sp³-hybridized carbons (Fsp3) is 0.320. The van der Waals surface area contributed by atoms with Gasteiger partial charge in [-0.2, -0.15) is 0 Å². The molecule has 2 atom stereocenters. The van der Waals surface area contributed by atoms with Crippen LogP contribution in [0.5, 0.6) is 0 Å². The van der Waals surface area contributed by atoms with E-state index in [2.05, 4.69) is 43.4 Å². The second kappa shape index (κ2) is 10.1. The predicted molar refractivity (Wildman–Crippen MR) is 128 cm³/mol. The second-order valence-corrected chi connectivity index (χ2v) is 8.29. The largest absolute Gasteiger partial charge is 0.371 e. The van der Waals surface area contributed by atoms with Crippen LogP contribution in [0.15, 0.2) is 60.8 Å². The van der Waals surface area contributed by atoms with Crippen molar-refractivity contribution in [3.63, 3.8) is 0 Å². The number of anilines is 3. The Morgan fingerprint density at radius 1 is 1.00 bits per heavy atom. The molecule has 0 saturated carbocycles. The molecular formula is C25H28N6O2. The molecule has 1 unspecified atom stereocenters. The van der Waals surface area contributed by atoms with E-state index in [0.717, 1.165) is 67.3 Å². The number of morpholine rings is 1. The SMILES string of the molecule is O=C(Nc1ccc(-c2ccnc(Nc3ccc([C@H]4CNCCO4)cc3)n2)cc1)C1CCCN1. The third-order valence-corrected chi connectivity index (χ3v) is 5.95. The molecule has 2 aliphatic rings. The molecular weight excluding hydrogens is 416 g/mol. The van der Waals surface area contributed by atoms with E-state index in [1.54, 1.807) is 6.20 Å². The van der Waals surface area contributed by atoms with Crippen molar-refractivity contribution < 1.29 is 9.53 Å². The molecule has 3 aromatic rings. The number of carbonyl (C=O) groups excluding carboxylic acids is 1. The number of amides is 1. The van der Waals surface area contributed by atoms with Gasteiger partial charge in [0.1, 0.15) is 0 Å². The maximum Gasteiger partial charge on any atom is 0.241 e. The van der Waals surface area contributed by atoms with Gasteiger partial charge in [0.2, 0.25) is 11.9 Å². The minimum absolute atomic E-state index is 0.0195. The van der Waals surface area contributed by atoms with Gasteiger partial charge in [0.15, 0.2) is 0 Å². The fourth-order valence-electron chi connectivity index (χ4n) is 4.13. The first kappa shape index (κ1) is 21.5. The normalized spacial score (nSPS) is 20.4.